The van der Waals surface area contributed by atoms with Crippen LogP contribution < -0.4 is 16.0 Å². The van der Waals surface area contributed by atoms with Gasteiger partial charge in [0.2, 0.25) is 0 Å². The number of hydrogen-bond acceptors (Lipinski definition) is 4. The van der Waals surface area contributed by atoms with Crippen LogP contribution in [-0.4, -0.2) is 41.1 Å². The number of anilines is 1. The molecular formula is C18H23N5O2. The first-order valence-corrected chi connectivity index (χ1v) is 8.49. The maximum absolute atomic E-state index is 12.6. The lowest BCUT2D eigenvalue weighted by Crippen LogP contribution is -2.43. The quantitative estimate of drug-likeness (QED) is 0.681. The van der Waals surface area contributed by atoms with Gasteiger partial charge in [0.25, 0.3) is 11.8 Å². The van der Waals surface area contributed by atoms with E-state index in [2.05, 4.69) is 26.1 Å². The fraction of sp³-hybridized carbons (Fsp3) is 0.389. The van der Waals surface area contributed by atoms with Gasteiger partial charge in [-0.15, -0.1) is 0 Å². The minimum Gasteiger partial charge on any atom is -0.348 e. The van der Waals surface area contributed by atoms with E-state index in [9.17, 15) is 9.59 Å². The predicted molar refractivity (Wildman–Crippen MR) is 95.8 cm³/mol. The number of nitrogens with one attached hydrogen (secondary N) is 4. The lowest BCUT2D eigenvalue weighted by molar-refractivity contribution is 0.0925. The van der Waals surface area contributed by atoms with Crippen LogP contribution in [0.2, 0.25) is 0 Å². The van der Waals surface area contributed by atoms with Crippen LogP contribution in [0.25, 0.3) is 0 Å². The smallest absolute Gasteiger partial charge is 0.271 e. The van der Waals surface area contributed by atoms with Gasteiger partial charge in [-0.2, -0.15) is 5.10 Å². The van der Waals surface area contributed by atoms with E-state index in [1.54, 1.807) is 0 Å². The topological polar surface area (TPSA) is 98.9 Å². The zero-order valence-corrected chi connectivity index (χ0v) is 14.5. The maximum Gasteiger partial charge on any atom is 0.271 e. The summed E-state index contributed by atoms with van der Waals surface area (Å²) in [4.78, 5) is 25.1. The minimum atomic E-state index is -0.249. The first kappa shape index (κ1) is 17.2. The van der Waals surface area contributed by atoms with Crippen molar-refractivity contribution in [2.24, 2.45) is 0 Å². The molecule has 0 spiro atoms. The van der Waals surface area contributed by atoms with Gasteiger partial charge < -0.3 is 16.0 Å². The lowest BCUT2D eigenvalue weighted by Gasteiger charge is -2.23. The molecule has 0 aliphatic carbocycles. The van der Waals surface area contributed by atoms with E-state index in [0.29, 0.717) is 11.3 Å². The summed E-state index contributed by atoms with van der Waals surface area (Å²) in [7, 11) is 0. The second-order valence-electron chi connectivity index (χ2n) is 6.38. The molecule has 0 atom stereocenters. The highest BCUT2D eigenvalue weighted by Crippen LogP contribution is 2.18. The molecule has 0 bridgehead atoms. The van der Waals surface area contributed by atoms with Gasteiger partial charge in [-0.05, 0) is 50.9 Å². The molecule has 2 heterocycles. The summed E-state index contributed by atoms with van der Waals surface area (Å²) in [6.07, 6.45) is 3.25. The monoisotopic (exact) mass is 341 g/mol. The number of amides is 2. The molecule has 0 saturated carbocycles. The van der Waals surface area contributed by atoms with Crippen molar-refractivity contribution < 1.29 is 9.59 Å². The van der Waals surface area contributed by atoms with Crippen LogP contribution in [0.5, 0.6) is 0 Å². The van der Waals surface area contributed by atoms with Crippen LogP contribution in [0.3, 0.4) is 0 Å². The van der Waals surface area contributed by atoms with Crippen LogP contribution in [0.15, 0.2) is 24.4 Å². The Morgan fingerprint density at radius 1 is 1.12 bits per heavy atom. The summed E-state index contributed by atoms with van der Waals surface area (Å²) in [6.45, 7) is 5.57. The average molecular weight is 341 g/mol. The molecule has 1 aromatic carbocycles. The van der Waals surface area contributed by atoms with Crippen molar-refractivity contribution in [3.63, 3.8) is 0 Å². The summed E-state index contributed by atoms with van der Waals surface area (Å²) < 4.78 is 0. The SMILES string of the molecule is Cc1cccc(C)c1C(=O)Nc1cn[nH]c1C(=O)NC1CCNCC1. The van der Waals surface area contributed by atoms with Crippen molar-refractivity contribution in [1.82, 2.24) is 20.8 Å². The normalized spacial score (nSPS) is 15.0. The van der Waals surface area contributed by atoms with Crippen molar-refractivity contribution in [3.05, 3.63) is 46.8 Å². The molecule has 7 nitrogen and oxygen atoms in total. The highest BCUT2D eigenvalue weighted by Gasteiger charge is 2.21. The molecule has 2 amide bonds. The number of benzene rings is 1. The molecule has 0 unspecified atom stereocenters. The van der Waals surface area contributed by atoms with Gasteiger partial charge in [0.15, 0.2) is 0 Å². The van der Waals surface area contributed by atoms with E-state index in [1.807, 2.05) is 32.0 Å². The zero-order valence-electron chi connectivity index (χ0n) is 14.5. The van der Waals surface area contributed by atoms with E-state index in [1.165, 1.54) is 6.20 Å². The highest BCUT2D eigenvalue weighted by molar-refractivity contribution is 6.09. The molecule has 1 aromatic heterocycles. The predicted octanol–water partition coefficient (Wildman–Crippen LogP) is 1.76. The largest absolute Gasteiger partial charge is 0.348 e. The lowest BCUT2D eigenvalue weighted by atomic mass is 10.0. The molecule has 3 rings (SSSR count). The molecule has 132 valence electrons. The van der Waals surface area contributed by atoms with Gasteiger partial charge >= 0.3 is 0 Å². The third kappa shape index (κ3) is 3.88. The van der Waals surface area contributed by atoms with Gasteiger partial charge in [-0.1, -0.05) is 18.2 Å². The summed E-state index contributed by atoms with van der Waals surface area (Å²) in [6, 6.07) is 5.83. The molecule has 1 saturated heterocycles. The van der Waals surface area contributed by atoms with Crippen LogP contribution in [-0.2, 0) is 0 Å². The fourth-order valence-corrected chi connectivity index (χ4v) is 3.14. The second kappa shape index (κ2) is 7.48. The van der Waals surface area contributed by atoms with Crippen molar-refractivity contribution in [1.29, 1.82) is 0 Å². The third-order valence-electron chi connectivity index (χ3n) is 4.50. The van der Waals surface area contributed by atoms with Crippen LogP contribution in [0, 0.1) is 13.8 Å². The van der Waals surface area contributed by atoms with Crippen LogP contribution in [0.1, 0.15) is 44.8 Å². The Balaban J connectivity index is 1.73. The van der Waals surface area contributed by atoms with Gasteiger partial charge in [0, 0.05) is 11.6 Å². The summed E-state index contributed by atoms with van der Waals surface area (Å²) in [5.41, 5.74) is 3.06. The molecule has 2 aromatic rings. The number of H-pyrrole nitrogens is 1. The zero-order chi connectivity index (χ0) is 17.8. The Kier molecular flexibility index (Phi) is 5.14. The van der Waals surface area contributed by atoms with E-state index in [0.717, 1.165) is 37.1 Å². The Hall–Kier alpha value is -2.67. The van der Waals surface area contributed by atoms with Crippen LogP contribution >= 0.6 is 0 Å². The molecule has 1 aliphatic heterocycles. The Labute approximate surface area is 146 Å². The van der Waals surface area contributed by atoms with Gasteiger partial charge in [-0.3, -0.25) is 14.7 Å². The van der Waals surface area contributed by atoms with Crippen molar-refractivity contribution in [2.75, 3.05) is 18.4 Å². The number of hydrogen-bond donors (Lipinski definition) is 4. The molecule has 1 aliphatic rings. The second-order valence-corrected chi connectivity index (χ2v) is 6.38. The van der Waals surface area contributed by atoms with Gasteiger partial charge in [0.05, 0.1) is 11.9 Å². The van der Waals surface area contributed by atoms with E-state index in [-0.39, 0.29) is 23.6 Å². The van der Waals surface area contributed by atoms with Gasteiger partial charge in [0.1, 0.15) is 5.69 Å². The van der Waals surface area contributed by atoms with Crippen molar-refractivity contribution >= 4 is 17.5 Å². The number of piperidine rings is 1. The number of carbonyl (C=O) groups excluding carboxylic acids is 2. The highest BCUT2D eigenvalue weighted by atomic mass is 16.2. The standard InChI is InChI=1S/C18H23N5O2/c1-11-4-3-5-12(2)15(11)17(24)22-14-10-20-23-16(14)18(25)21-13-6-8-19-9-7-13/h3-5,10,13,19H,6-9H2,1-2H3,(H,20,23)(H,21,25)(H,22,24). The number of aromatic amines is 1. The van der Waals surface area contributed by atoms with E-state index < -0.39 is 0 Å². The Morgan fingerprint density at radius 3 is 2.48 bits per heavy atom. The number of aryl methyl sites for hydroxylation is 2. The molecular weight excluding hydrogens is 318 g/mol. The molecule has 0 radical (unpaired) electrons. The summed E-state index contributed by atoms with van der Waals surface area (Å²) >= 11 is 0. The van der Waals surface area contributed by atoms with Crippen LogP contribution in [0.4, 0.5) is 5.69 Å². The van der Waals surface area contributed by atoms with E-state index >= 15 is 0 Å². The van der Waals surface area contributed by atoms with Crippen molar-refractivity contribution in [2.45, 2.75) is 32.7 Å². The fourth-order valence-electron chi connectivity index (χ4n) is 3.14. The average Bonchev–Trinajstić information content (AvgIpc) is 3.04. The number of carbonyl (C=O) groups is 2. The minimum absolute atomic E-state index is 0.138. The van der Waals surface area contributed by atoms with E-state index in [4.69, 9.17) is 0 Å². The summed E-state index contributed by atoms with van der Waals surface area (Å²) in [5.74, 6) is -0.492. The molecule has 7 heteroatoms. The molecule has 4 N–H and O–H groups in total. The number of rotatable bonds is 4. The number of nitrogens with zero attached hydrogens (tertiary/aromatic N) is 1. The Morgan fingerprint density at radius 2 is 1.80 bits per heavy atom. The maximum atomic E-state index is 12.6. The number of aromatic nitrogens is 2. The first-order chi connectivity index (χ1) is 12.1. The van der Waals surface area contributed by atoms with Gasteiger partial charge in [-0.25, -0.2) is 0 Å². The summed E-state index contributed by atoms with van der Waals surface area (Å²) in [5, 5.41) is 15.7. The molecule has 1 fully saturated rings. The van der Waals surface area contributed by atoms with Crippen molar-refractivity contribution in [3.8, 4) is 0 Å². The Bertz CT molecular complexity index is 757. The molecule has 25 heavy (non-hydrogen) atoms. The first-order valence-electron chi connectivity index (χ1n) is 8.49. The third-order valence-corrected chi connectivity index (χ3v) is 4.50.